The number of nitrogens with one attached hydrogen (secondary N) is 1. The third-order valence-corrected chi connectivity index (χ3v) is 4.56. The number of hydrogen-bond acceptors (Lipinski definition) is 2. The molecular weight excluding hydrogens is 256 g/mol. The zero-order valence-corrected chi connectivity index (χ0v) is 12.8. The molecule has 21 heavy (non-hydrogen) atoms. The molecule has 1 aromatic heterocycles. The van der Waals surface area contributed by atoms with Crippen LogP contribution in [0.1, 0.15) is 54.8 Å². The Morgan fingerprint density at radius 2 is 1.81 bits per heavy atom. The molecule has 1 aromatic carbocycles. The van der Waals surface area contributed by atoms with Crippen molar-refractivity contribution in [3.8, 4) is 0 Å². The molecule has 1 fully saturated rings. The molecule has 0 radical (unpaired) electrons. The van der Waals surface area contributed by atoms with Gasteiger partial charge in [-0.15, -0.1) is 0 Å². The molecule has 1 unspecified atom stereocenters. The van der Waals surface area contributed by atoms with Gasteiger partial charge in [0, 0.05) is 18.4 Å². The van der Waals surface area contributed by atoms with Crippen LogP contribution in [0.2, 0.25) is 0 Å². The van der Waals surface area contributed by atoms with Crippen molar-refractivity contribution in [1.29, 1.82) is 0 Å². The summed E-state index contributed by atoms with van der Waals surface area (Å²) in [6, 6.07) is 13.9. The molecule has 0 amide bonds. The van der Waals surface area contributed by atoms with Gasteiger partial charge in [-0.3, -0.25) is 4.98 Å². The number of pyridine rings is 1. The monoisotopic (exact) mass is 280 g/mol. The molecule has 1 aliphatic carbocycles. The first-order chi connectivity index (χ1) is 10.4. The van der Waals surface area contributed by atoms with Gasteiger partial charge in [0.25, 0.3) is 0 Å². The Morgan fingerprint density at radius 1 is 1.10 bits per heavy atom. The fourth-order valence-corrected chi connectivity index (χ4v) is 3.05. The molecule has 1 heterocycles. The minimum atomic E-state index is 0.382. The summed E-state index contributed by atoms with van der Waals surface area (Å²) >= 11 is 0. The topological polar surface area (TPSA) is 24.9 Å². The third kappa shape index (κ3) is 3.51. The van der Waals surface area contributed by atoms with Crippen LogP contribution in [-0.2, 0) is 6.42 Å². The van der Waals surface area contributed by atoms with E-state index in [0.717, 1.165) is 18.9 Å². The van der Waals surface area contributed by atoms with Gasteiger partial charge in [0.1, 0.15) is 0 Å². The lowest BCUT2D eigenvalue weighted by atomic mass is 9.79. The van der Waals surface area contributed by atoms with Crippen molar-refractivity contribution in [3.63, 3.8) is 0 Å². The minimum absolute atomic E-state index is 0.382. The van der Waals surface area contributed by atoms with Gasteiger partial charge < -0.3 is 5.32 Å². The van der Waals surface area contributed by atoms with E-state index < -0.39 is 0 Å². The molecule has 1 N–H and O–H groups in total. The van der Waals surface area contributed by atoms with E-state index in [0.29, 0.717) is 6.04 Å². The number of rotatable bonds is 6. The van der Waals surface area contributed by atoms with Crippen molar-refractivity contribution in [3.05, 3.63) is 65.5 Å². The van der Waals surface area contributed by atoms with Crippen LogP contribution < -0.4 is 5.32 Å². The van der Waals surface area contributed by atoms with Gasteiger partial charge in [-0.05, 0) is 60.5 Å². The first kappa shape index (κ1) is 14.3. The van der Waals surface area contributed by atoms with Crippen LogP contribution >= 0.6 is 0 Å². The first-order valence-corrected chi connectivity index (χ1v) is 8.09. The van der Waals surface area contributed by atoms with E-state index in [1.54, 1.807) is 0 Å². The molecule has 1 aliphatic rings. The van der Waals surface area contributed by atoms with E-state index in [1.807, 2.05) is 12.4 Å². The number of nitrogens with zero attached hydrogens (tertiary/aromatic N) is 1. The largest absolute Gasteiger partial charge is 0.310 e. The molecule has 0 aliphatic heterocycles. The van der Waals surface area contributed by atoms with Gasteiger partial charge in [-0.2, -0.15) is 0 Å². The Hall–Kier alpha value is -1.67. The van der Waals surface area contributed by atoms with Gasteiger partial charge in [0.2, 0.25) is 0 Å². The Labute approximate surface area is 127 Å². The summed E-state index contributed by atoms with van der Waals surface area (Å²) in [7, 11) is 0. The molecule has 110 valence electrons. The third-order valence-electron chi connectivity index (χ3n) is 4.56. The standard InChI is InChI=1S/C19H24N2/c1-2-21-19(14-15-10-12-20-13-11-15)18-8-6-17(7-9-18)16-4-3-5-16/h6-13,16,19,21H,2-5,14H2,1H3. The molecule has 0 saturated heterocycles. The first-order valence-electron chi connectivity index (χ1n) is 8.09. The fourth-order valence-electron chi connectivity index (χ4n) is 3.05. The smallest absolute Gasteiger partial charge is 0.0360 e. The van der Waals surface area contributed by atoms with E-state index in [4.69, 9.17) is 0 Å². The summed E-state index contributed by atoms with van der Waals surface area (Å²) < 4.78 is 0. The predicted octanol–water partition coefficient (Wildman–Crippen LogP) is 4.24. The second kappa shape index (κ2) is 6.86. The highest BCUT2D eigenvalue weighted by Gasteiger charge is 2.19. The summed E-state index contributed by atoms with van der Waals surface area (Å²) in [6.45, 7) is 3.16. The maximum Gasteiger partial charge on any atom is 0.0360 e. The van der Waals surface area contributed by atoms with E-state index in [9.17, 15) is 0 Å². The zero-order chi connectivity index (χ0) is 14.5. The number of hydrogen-bond donors (Lipinski definition) is 1. The maximum absolute atomic E-state index is 4.10. The highest BCUT2D eigenvalue weighted by Crippen LogP contribution is 2.36. The van der Waals surface area contributed by atoms with Crippen molar-refractivity contribution < 1.29 is 0 Å². The van der Waals surface area contributed by atoms with Crippen molar-refractivity contribution in [2.75, 3.05) is 6.54 Å². The Kier molecular flexibility index (Phi) is 4.66. The van der Waals surface area contributed by atoms with E-state index in [2.05, 4.69) is 53.6 Å². The van der Waals surface area contributed by atoms with Crippen molar-refractivity contribution in [2.24, 2.45) is 0 Å². The van der Waals surface area contributed by atoms with Crippen molar-refractivity contribution >= 4 is 0 Å². The molecule has 0 spiro atoms. The lowest BCUT2D eigenvalue weighted by Gasteiger charge is -2.26. The quantitative estimate of drug-likeness (QED) is 0.856. The number of aromatic nitrogens is 1. The summed E-state index contributed by atoms with van der Waals surface area (Å²) in [5.41, 5.74) is 4.24. The summed E-state index contributed by atoms with van der Waals surface area (Å²) in [5.74, 6) is 0.817. The molecule has 1 saturated carbocycles. The predicted molar refractivity (Wildman–Crippen MR) is 87.4 cm³/mol. The maximum atomic E-state index is 4.10. The summed E-state index contributed by atoms with van der Waals surface area (Å²) in [6.07, 6.45) is 8.89. The van der Waals surface area contributed by atoms with Crippen LogP contribution in [0.5, 0.6) is 0 Å². The zero-order valence-electron chi connectivity index (χ0n) is 12.8. The van der Waals surface area contributed by atoms with Gasteiger partial charge in [0.15, 0.2) is 0 Å². The van der Waals surface area contributed by atoms with Gasteiger partial charge in [-0.25, -0.2) is 0 Å². The second-order valence-corrected chi connectivity index (χ2v) is 5.96. The molecule has 0 bridgehead atoms. The lowest BCUT2D eigenvalue weighted by Crippen LogP contribution is -2.23. The second-order valence-electron chi connectivity index (χ2n) is 5.96. The SMILES string of the molecule is CCNC(Cc1ccncc1)c1ccc(C2CCC2)cc1. The van der Waals surface area contributed by atoms with Crippen LogP contribution in [0.4, 0.5) is 0 Å². The van der Waals surface area contributed by atoms with Crippen LogP contribution in [0.25, 0.3) is 0 Å². The summed E-state index contributed by atoms with van der Waals surface area (Å²) in [4.78, 5) is 4.10. The van der Waals surface area contributed by atoms with Crippen LogP contribution in [-0.4, -0.2) is 11.5 Å². The van der Waals surface area contributed by atoms with Crippen molar-refractivity contribution in [2.45, 2.75) is 44.6 Å². The normalized spacial score (nSPS) is 16.4. The van der Waals surface area contributed by atoms with Crippen LogP contribution in [0.15, 0.2) is 48.8 Å². The van der Waals surface area contributed by atoms with Crippen molar-refractivity contribution in [1.82, 2.24) is 10.3 Å². The molecule has 2 nitrogen and oxygen atoms in total. The Bertz CT molecular complexity index is 544. The van der Waals surface area contributed by atoms with Gasteiger partial charge in [0.05, 0.1) is 0 Å². The van der Waals surface area contributed by atoms with Gasteiger partial charge >= 0.3 is 0 Å². The van der Waals surface area contributed by atoms with Crippen LogP contribution in [0.3, 0.4) is 0 Å². The average Bonchev–Trinajstić information content (AvgIpc) is 2.47. The van der Waals surface area contributed by atoms with E-state index >= 15 is 0 Å². The molecule has 1 atom stereocenters. The van der Waals surface area contributed by atoms with Crippen LogP contribution in [0, 0.1) is 0 Å². The Balaban J connectivity index is 1.73. The van der Waals surface area contributed by atoms with Gasteiger partial charge in [-0.1, -0.05) is 37.6 Å². The molecular formula is C19H24N2. The lowest BCUT2D eigenvalue weighted by molar-refractivity contribution is 0.419. The minimum Gasteiger partial charge on any atom is -0.310 e. The average molecular weight is 280 g/mol. The highest BCUT2D eigenvalue weighted by molar-refractivity contribution is 5.29. The number of likely N-dealkylation sites (N-methyl/N-ethyl adjacent to an activating group) is 1. The highest BCUT2D eigenvalue weighted by atomic mass is 14.9. The Morgan fingerprint density at radius 3 is 2.38 bits per heavy atom. The molecule has 3 rings (SSSR count). The molecule has 2 aromatic rings. The summed E-state index contributed by atoms with van der Waals surface area (Å²) in [5, 5.41) is 3.60. The van der Waals surface area contributed by atoms with E-state index in [-0.39, 0.29) is 0 Å². The molecule has 2 heteroatoms. The fraction of sp³-hybridized carbons (Fsp3) is 0.421. The number of benzene rings is 1. The van der Waals surface area contributed by atoms with E-state index in [1.165, 1.54) is 36.0 Å².